The third-order valence-corrected chi connectivity index (χ3v) is 8.29. The molecule has 0 aromatic rings. The van der Waals surface area contributed by atoms with E-state index in [0.29, 0.717) is 11.5 Å². The second-order valence-electron chi connectivity index (χ2n) is 10.8. The van der Waals surface area contributed by atoms with Gasteiger partial charge in [-0.2, -0.15) is 0 Å². The molecule has 0 amide bonds. The Morgan fingerprint density at radius 2 is 1.96 bits per heavy atom. The fourth-order valence-electron chi connectivity index (χ4n) is 5.46. The van der Waals surface area contributed by atoms with Crippen LogP contribution in [0.3, 0.4) is 0 Å². The third kappa shape index (κ3) is 4.66. The molecule has 0 bridgehead atoms. The van der Waals surface area contributed by atoms with Crippen molar-refractivity contribution in [3.05, 3.63) is 0 Å². The van der Waals surface area contributed by atoms with Gasteiger partial charge in [-0.1, -0.05) is 40.0 Å². The van der Waals surface area contributed by atoms with E-state index in [0.717, 1.165) is 30.8 Å². The molecule has 2 nitrogen and oxygen atoms in total. The van der Waals surface area contributed by atoms with Crippen molar-refractivity contribution in [2.24, 2.45) is 23.2 Å². The minimum atomic E-state index is 0.0472. The molecular weight excluding hydrogens is 320 g/mol. The molecule has 152 valence electrons. The summed E-state index contributed by atoms with van der Waals surface area (Å²) in [5.74, 6) is 2.45. The zero-order valence-electron chi connectivity index (χ0n) is 18.4. The Hall–Kier alpha value is -0.0800. The topological polar surface area (TPSA) is 21.8 Å². The van der Waals surface area contributed by atoms with Crippen LogP contribution in [0, 0.1) is 23.2 Å². The van der Waals surface area contributed by atoms with Gasteiger partial charge in [-0.15, -0.1) is 0 Å². The minimum Gasteiger partial charge on any atom is -0.375 e. The Kier molecular flexibility index (Phi) is 6.15. The maximum absolute atomic E-state index is 6.81. The quantitative estimate of drug-likeness (QED) is 0.378. The van der Waals surface area contributed by atoms with Crippen molar-refractivity contribution in [2.75, 3.05) is 6.61 Å². The van der Waals surface area contributed by atoms with Crippen LogP contribution in [0.4, 0.5) is 0 Å². The lowest BCUT2D eigenvalue weighted by Crippen LogP contribution is -2.41. The van der Waals surface area contributed by atoms with E-state index in [-0.39, 0.29) is 11.2 Å². The summed E-state index contributed by atoms with van der Waals surface area (Å²) in [5, 5.41) is 0. The summed E-state index contributed by atoms with van der Waals surface area (Å²) in [6.07, 6.45) is 13.6. The van der Waals surface area contributed by atoms with Gasteiger partial charge in [0, 0.05) is 0 Å². The average Bonchev–Trinajstić information content (AvgIpc) is 3.46. The van der Waals surface area contributed by atoms with Crippen LogP contribution in [0.15, 0.2) is 0 Å². The van der Waals surface area contributed by atoms with Crippen LogP contribution >= 0.6 is 0 Å². The maximum Gasteiger partial charge on any atom is 0.0892 e. The summed E-state index contributed by atoms with van der Waals surface area (Å²) in [4.78, 5) is 0. The van der Waals surface area contributed by atoms with E-state index in [4.69, 9.17) is 9.47 Å². The van der Waals surface area contributed by atoms with Gasteiger partial charge in [0.2, 0.25) is 0 Å². The molecule has 1 saturated heterocycles. The number of fused-ring (bicyclic) bond motifs is 1. The van der Waals surface area contributed by atoms with E-state index >= 15 is 0 Å². The van der Waals surface area contributed by atoms with Crippen LogP contribution in [0.1, 0.15) is 106 Å². The highest BCUT2D eigenvalue weighted by atomic mass is 16.6. The predicted molar refractivity (Wildman–Crippen MR) is 109 cm³/mol. The maximum atomic E-state index is 6.81. The number of epoxide rings is 1. The first kappa shape index (κ1) is 20.6. The zero-order valence-corrected chi connectivity index (χ0v) is 18.4. The smallest absolute Gasteiger partial charge is 0.0892 e. The van der Waals surface area contributed by atoms with Crippen LogP contribution < -0.4 is 0 Å². The minimum absolute atomic E-state index is 0.0472. The Morgan fingerprint density at radius 3 is 2.54 bits per heavy atom. The summed E-state index contributed by atoms with van der Waals surface area (Å²) in [7, 11) is 0. The molecule has 0 aromatic heterocycles. The molecule has 1 heterocycles. The van der Waals surface area contributed by atoms with Crippen LogP contribution in [0.2, 0.25) is 0 Å². The molecule has 6 unspecified atom stereocenters. The van der Waals surface area contributed by atoms with E-state index in [1.165, 1.54) is 57.8 Å². The lowest BCUT2D eigenvalue weighted by atomic mass is 9.72. The van der Waals surface area contributed by atoms with Crippen molar-refractivity contribution in [3.8, 4) is 0 Å². The number of hydrogen-bond acceptors (Lipinski definition) is 2. The Labute approximate surface area is 162 Å². The second-order valence-corrected chi connectivity index (χ2v) is 10.8. The monoisotopic (exact) mass is 364 g/mol. The summed E-state index contributed by atoms with van der Waals surface area (Å²) in [5.41, 5.74) is 0.841. The van der Waals surface area contributed by atoms with Crippen LogP contribution in [0.5, 0.6) is 0 Å². The van der Waals surface area contributed by atoms with Gasteiger partial charge in [-0.3, -0.25) is 0 Å². The largest absolute Gasteiger partial charge is 0.375 e. The Bertz CT molecular complexity index is 473. The van der Waals surface area contributed by atoms with E-state index in [1.54, 1.807) is 0 Å². The number of ether oxygens (including phenoxy) is 2. The molecule has 6 atom stereocenters. The fraction of sp³-hybridized carbons (Fsp3) is 1.00. The lowest BCUT2D eigenvalue weighted by molar-refractivity contribution is -0.106. The van der Waals surface area contributed by atoms with E-state index < -0.39 is 0 Å². The van der Waals surface area contributed by atoms with Crippen molar-refractivity contribution in [1.29, 1.82) is 0 Å². The molecule has 0 N–H and O–H groups in total. The van der Waals surface area contributed by atoms with Crippen molar-refractivity contribution < 1.29 is 9.47 Å². The van der Waals surface area contributed by atoms with Gasteiger partial charge in [-0.25, -0.2) is 0 Å². The van der Waals surface area contributed by atoms with Crippen molar-refractivity contribution in [2.45, 2.75) is 123 Å². The number of unbranched alkanes of at least 4 members (excludes halogenated alkanes) is 1. The molecule has 0 radical (unpaired) electrons. The van der Waals surface area contributed by atoms with Crippen LogP contribution in [0.25, 0.3) is 0 Å². The average molecular weight is 365 g/mol. The van der Waals surface area contributed by atoms with Gasteiger partial charge < -0.3 is 9.47 Å². The normalized spacial score (nSPS) is 38.3. The van der Waals surface area contributed by atoms with Gasteiger partial charge in [0.1, 0.15) is 0 Å². The van der Waals surface area contributed by atoms with Crippen LogP contribution in [-0.4, -0.2) is 23.9 Å². The van der Waals surface area contributed by atoms with Crippen molar-refractivity contribution in [3.63, 3.8) is 0 Å². The van der Waals surface area contributed by atoms with E-state index in [9.17, 15) is 0 Å². The van der Waals surface area contributed by atoms with Gasteiger partial charge >= 0.3 is 0 Å². The second kappa shape index (κ2) is 7.74. The molecule has 1 aliphatic heterocycles. The summed E-state index contributed by atoms with van der Waals surface area (Å²) in [6.45, 7) is 15.0. The first-order chi connectivity index (χ1) is 12.2. The summed E-state index contributed by atoms with van der Waals surface area (Å²) >= 11 is 0. The standard InChI is InChI=1S/C24H44O2/c1-7-9-10-18(8-2)17-25-24(6,14-12-21-22(3,4)26-21)19-11-13-23(5)16-20(23)15-19/h18-21H,7-17H2,1-6H3. The van der Waals surface area contributed by atoms with Gasteiger partial charge in [0.05, 0.1) is 23.9 Å². The molecule has 2 saturated carbocycles. The number of hydrogen-bond donors (Lipinski definition) is 0. The first-order valence-corrected chi connectivity index (χ1v) is 11.5. The molecule has 26 heavy (non-hydrogen) atoms. The summed E-state index contributed by atoms with van der Waals surface area (Å²) in [6, 6.07) is 0. The van der Waals surface area contributed by atoms with Gasteiger partial charge in [0.25, 0.3) is 0 Å². The first-order valence-electron chi connectivity index (χ1n) is 11.5. The SMILES string of the molecule is CCCCC(CC)COC(C)(CCC1OC1(C)C)C1CCC2(C)CC2C1. The summed E-state index contributed by atoms with van der Waals surface area (Å²) < 4.78 is 12.7. The molecule has 0 spiro atoms. The lowest BCUT2D eigenvalue weighted by Gasteiger charge is -2.42. The van der Waals surface area contributed by atoms with Gasteiger partial charge in [-0.05, 0) is 88.9 Å². The number of rotatable bonds is 11. The molecule has 3 fully saturated rings. The predicted octanol–water partition coefficient (Wildman–Crippen LogP) is 6.76. The highest BCUT2D eigenvalue weighted by Crippen LogP contribution is 2.64. The highest BCUT2D eigenvalue weighted by Gasteiger charge is 2.56. The highest BCUT2D eigenvalue weighted by molar-refractivity contribution is 5.06. The van der Waals surface area contributed by atoms with E-state index in [2.05, 4.69) is 41.5 Å². The van der Waals surface area contributed by atoms with Crippen molar-refractivity contribution in [1.82, 2.24) is 0 Å². The third-order valence-electron chi connectivity index (χ3n) is 8.29. The molecule has 3 rings (SSSR count). The molecule has 3 aliphatic rings. The Balaban J connectivity index is 1.58. The molecule has 2 heteroatoms. The molecule has 0 aromatic carbocycles. The molecule has 2 aliphatic carbocycles. The van der Waals surface area contributed by atoms with Gasteiger partial charge in [0.15, 0.2) is 0 Å². The van der Waals surface area contributed by atoms with E-state index in [1.807, 2.05) is 0 Å². The van der Waals surface area contributed by atoms with Crippen LogP contribution in [-0.2, 0) is 9.47 Å². The zero-order chi connectivity index (χ0) is 19.0. The fourth-order valence-corrected chi connectivity index (χ4v) is 5.46. The molecular formula is C24H44O2. The Morgan fingerprint density at radius 1 is 1.23 bits per heavy atom. The van der Waals surface area contributed by atoms with Crippen molar-refractivity contribution >= 4 is 0 Å².